The van der Waals surface area contributed by atoms with Gasteiger partial charge in [-0.05, 0) is 48.5 Å². The first-order valence-electron chi connectivity index (χ1n) is 8.76. The molecule has 0 aliphatic heterocycles. The van der Waals surface area contributed by atoms with Crippen molar-refractivity contribution in [2.75, 3.05) is 11.1 Å². The minimum absolute atomic E-state index is 0.153. The molecular weight excluding hydrogens is 388 g/mol. The molecule has 0 fully saturated rings. The molecule has 29 heavy (non-hydrogen) atoms. The predicted molar refractivity (Wildman–Crippen MR) is 110 cm³/mol. The molecule has 2 aromatic carbocycles. The highest BCUT2D eigenvalue weighted by Gasteiger charge is 2.11. The second-order valence-electron chi connectivity index (χ2n) is 5.89. The van der Waals surface area contributed by atoms with E-state index in [9.17, 15) is 4.79 Å². The monoisotopic (exact) mass is 404 g/mol. The average molecular weight is 404 g/mol. The van der Waals surface area contributed by atoms with Crippen LogP contribution in [0, 0.1) is 0 Å². The van der Waals surface area contributed by atoms with Gasteiger partial charge in [0, 0.05) is 23.6 Å². The molecule has 0 radical (unpaired) electrons. The van der Waals surface area contributed by atoms with Crippen LogP contribution >= 0.6 is 11.8 Å². The van der Waals surface area contributed by atoms with Crippen molar-refractivity contribution < 1.29 is 13.9 Å². The van der Waals surface area contributed by atoms with E-state index in [4.69, 9.17) is 9.15 Å². The van der Waals surface area contributed by atoms with Crippen LogP contribution in [0.25, 0.3) is 11.5 Å². The van der Waals surface area contributed by atoms with Gasteiger partial charge in [-0.3, -0.25) is 9.78 Å². The van der Waals surface area contributed by atoms with Crippen molar-refractivity contribution in [3.05, 3.63) is 79.1 Å². The fraction of sp³-hybridized carbons (Fsp3) is 0.0476. The summed E-state index contributed by atoms with van der Waals surface area (Å²) < 4.78 is 11.3. The van der Waals surface area contributed by atoms with Crippen LogP contribution in [0.15, 0.2) is 88.8 Å². The second kappa shape index (κ2) is 9.03. The Morgan fingerprint density at radius 1 is 0.931 bits per heavy atom. The third-order valence-corrected chi connectivity index (χ3v) is 4.60. The van der Waals surface area contributed by atoms with Crippen molar-refractivity contribution in [3.63, 3.8) is 0 Å². The number of anilines is 1. The lowest BCUT2D eigenvalue weighted by molar-refractivity contribution is -0.113. The molecule has 4 rings (SSSR count). The lowest BCUT2D eigenvalue weighted by atomic mass is 10.3. The van der Waals surface area contributed by atoms with E-state index in [1.807, 2.05) is 30.3 Å². The van der Waals surface area contributed by atoms with Gasteiger partial charge in [0.25, 0.3) is 5.22 Å². The van der Waals surface area contributed by atoms with E-state index in [1.165, 1.54) is 11.8 Å². The first-order valence-corrected chi connectivity index (χ1v) is 9.74. The van der Waals surface area contributed by atoms with Crippen molar-refractivity contribution in [2.45, 2.75) is 5.22 Å². The van der Waals surface area contributed by atoms with E-state index in [1.54, 1.807) is 48.8 Å². The number of hydrogen-bond acceptors (Lipinski definition) is 7. The van der Waals surface area contributed by atoms with Gasteiger partial charge in [0.05, 0.1) is 5.75 Å². The van der Waals surface area contributed by atoms with Crippen molar-refractivity contribution in [2.24, 2.45) is 0 Å². The van der Waals surface area contributed by atoms with Gasteiger partial charge in [-0.25, -0.2) is 0 Å². The number of hydrogen-bond donors (Lipinski definition) is 1. The van der Waals surface area contributed by atoms with E-state index in [0.29, 0.717) is 22.6 Å². The summed E-state index contributed by atoms with van der Waals surface area (Å²) >= 11 is 1.18. The largest absolute Gasteiger partial charge is 0.457 e. The zero-order chi connectivity index (χ0) is 19.9. The third-order valence-electron chi connectivity index (χ3n) is 3.78. The molecular formula is C21H16N4O3S. The van der Waals surface area contributed by atoms with Crippen LogP contribution in [-0.2, 0) is 4.79 Å². The maximum absolute atomic E-state index is 12.2. The quantitative estimate of drug-likeness (QED) is 0.448. The molecule has 0 spiro atoms. The van der Waals surface area contributed by atoms with E-state index in [-0.39, 0.29) is 11.7 Å². The van der Waals surface area contributed by atoms with Crippen LogP contribution in [0.1, 0.15) is 0 Å². The highest BCUT2D eigenvalue weighted by molar-refractivity contribution is 7.99. The minimum Gasteiger partial charge on any atom is -0.457 e. The fourth-order valence-electron chi connectivity index (χ4n) is 2.43. The molecule has 4 aromatic rings. The standard InChI is InChI=1S/C21H16N4O3S/c26-19(14-29-21-25-24-20(28-21)15-10-12-22-13-11-15)23-16-6-8-18(9-7-16)27-17-4-2-1-3-5-17/h1-13H,14H2,(H,23,26). The number of pyridine rings is 1. The summed E-state index contributed by atoms with van der Waals surface area (Å²) in [7, 11) is 0. The van der Waals surface area contributed by atoms with Crippen LogP contribution in [0.4, 0.5) is 5.69 Å². The number of aromatic nitrogens is 3. The highest BCUT2D eigenvalue weighted by Crippen LogP contribution is 2.24. The van der Waals surface area contributed by atoms with Gasteiger partial charge in [-0.2, -0.15) is 0 Å². The van der Waals surface area contributed by atoms with Crippen LogP contribution in [0.5, 0.6) is 11.5 Å². The maximum Gasteiger partial charge on any atom is 0.277 e. The Kier molecular flexibility index (Phi) is 5.82. The Balaban J connectivity index is 1.28. The zero-order valence-electron chi connectivity index (χ0n) is 15.2. The van der Waals surface area contributed by atoms with Crippen LogP contribution < -0.4 is 10.1 Å². The van der Waals surface area contributed by atoms with Gasteiger partial charge in [-0.15, -0.1) is 10.2 Å². The number of carbonyl (C=O) groups is 1. The number of ether oxygens (including phenoxy) is 1. The molecule has 0 aliphatic rings. The summed E-state index contributed by atoms with van der Waals surface area (Å²) in [6.07, 6.45) is 3.30. The molecule has 2 aromatic heterocycles. The molecule has 2 heterocycles. The number of nitrogens with zero attached hydrogens (tertiary/aromatic N) is 3. The zero-order valence-corrected chi connectivity index (χ0v) is 16.0. The fourth-order valence-corrected chi connectivity index (χ4v) is 3.00. The Bertz CT molecular complexity index is 1070. The first-order chi connectivity index (χ1) is 14.3. The summed E-state index contributed by atoms with van der Waals surface area (Å²) in [5.74, 6) is 1.82. The van der Waals surface area contributed by atoms with Gasteiger partial charge in [0.15, 0.2) is 0 Å². The van der Waals surface area contributed by atoms with Gasteiger partial charge in [-0.1, -0.05) is 30.0 Å². The number of benzene rings is 2. The summed E-state index contributed by atoms with van der Waals surface area (Å²) in [5, 5.41) is 11.1. The lowest BCUT2D eigenvalue weighted by Crippen LogP contribution is -2.13. The molecule has 144 valence electrons. The van der Waals surface area contributed by atoms with Crippen molar-refractivity contribution >= 4 is 23.4 Å². The van der Waals surface area contributed by atoms with Crippen LogP contribution in [0.3, 0.4) is 0 Å². The number of nitrogens with one attached hydrogen (secondary N) is 1. The molecule has 0 atom stereocenters. The number of amides is 1. The molecule has 0 unspecified atom stereocenters. The van der Waals surface area contributed by atoms with Gasteiger partial charge < -0.3 is 14.5 Å². The van der Waals surface area contributed by atoms with E-state index in [0.717, 1.165) is 11.3 Å². The van der Waals surface area contributed by atoms with Crippen LogP contribution in [-0.4, -0.2) is 26.8 Å². The Morgan fingerprint density at radius 3 is 2.41 bits per heavy atom. The normalized spacial score (nSPS) is 10.5. The number of rotatable bonds is 7. The van der Waals surface area contributed by atoms with E-state index < -0.39 is 0 Å². The predicted octanol–water partition coefficient (Wildman–Crippen LogP) is 4.65. The summed E-state index contributed by atoms with van der Waals surface area (Å²) in [6, 6.07) is 20.2. The maximum atomic E-state index is 12.2. The number of thioether (sulfide) groups is 1. The lowest BCUT2D eigenvalue weighted by Gasteiger charge is -2.07. The summed E-state index contributed by atoms with van der Waals surface area (Å²) in [6.45, 7) is 0. The van der Waals surface area contributed by atoms with Crippen molar-refractivity contribution in [1.82, 2.24) is 15.2 Å². The van der Waals surface area contributed by atoms with Gasteiger partial charge >= 0.3 is 0 Å². The minimum atomic E-state index is -0.171. The summed E-state index contributed by atoms with van der Waals surface area (Å²) in [5.41, 5.74) is 1.46. The molecule has 1 amide bonds. The third kappa shape index (κ3) is 5.20. The van der Waals surface area contributed by atoms with E-state index >= 15 is 0 Å². The SMILES string of the molecule is O=C(CSc1nnc(-c2ccncc2)o1)Nc1ccc(Oc2ccccc2)cc1. The number of carbonyl (C=O) groups excluding carboxylic acids is 1. The molecule has 0 bridgehead atoms. The van der Waals surface area contributed by atoms with Crippen molar-refractivity contribution in [3.8, 4) is 23.0 Å². The van der Waals surface area contributed by atoms with Gasteiger partial charge in [0.1, 0.15) is 11.5 Å². The molecule has 7 nitrogen and oxygen atoms in total. The highest BCUT2D eigenvalue weighted by atomic mass is 32.2. The average Bonchev–Trinajstić information content (AvgIpc) is 3.24. The molecule has 1 N–H and O–H groups in total. The Labute approximate surface area is 171 Å². The Morgan fingerprint density at radius 2 is 1.66 bits per heavy atom. The topological polar surface area (TPSA) is 90.1 Å². The van der Waals surface area contributed by atoms with Gasteiger partial charge in [0.2, 0.25) is 11.8 Å². The van der Waals surface area contributed by atoms with Crippen molar-refractivity contribution in [1.29, 1.82) is 0 Å². The smallest absolute Gasteiger partial charge is 0.277 e. The number of para-hydroxylation sites is 1. The first kappa shape index (κ1) is 18.7. The molecule has 0 aliphatic carbocycles. The van der Waals surface area contributed by atoms with E-state index in [2.05, 4.69) is 20.5 Å². The molecule has 0 saturated heterocycles. The van der Waals surface area contributed by atoms with Crippen LogP contribution in [0.2, 0.25) is 0 Å². The molecule has 8 heteroatoms. The molecule has 0 saturated carbocycles. The second-order valence-corrected chi connectivity index (χ2v) is 6.81. The summed E-state index contributed by atoms with van der Waals surface area (Å²) in [4.78, 5) is 16.1. The Hall–Kier alpha value is -3.65.